The molecule has 164 valence electrons. The Balaban J connectivity index is 1.58. The monoisotopic (exact) mass is 427 g/mol. The summed E-state index contributed by atoms with van der Waals surface area (Å²) in [5.41, 5.74) is 7.55. The number of aromatic nitrogens is 3. The molecule has 0 spiro atoms. The van der Waals surface area contributed by atoms with Crippen molar-refractivity contribution in [3.8, 4) is 11.1 Å². The maximum atomic E-state index is 13.2. The Kier molecular flexibility index (Phi) is 6.06. The number of amides is 1. The first-order valence-electron chi connectivity index (χ1n) is 10.7. The van der Waals surface area contributed by atoms with Crippen molar-refractivity contribution in [3.05, 3.63) is 82.7 Å². The van der Waals surface area contributed by atoms with E-state index in [9.17, 15) is 4.79 Å². The quantitative estimate of drug-likeness (QED) is 0.500. The second-order valence-corrected chi connectivity index (χ2v) is 8.49. The predicted octanol–water partition coefficient (Wildman–Crippen LogP) is 4.24. The number of carbonyl (C=O) groups is 1. The van der Waals surface area contributed by atoms with E-state index < -0.39 is 0 Å². The van der Waals surface area contributed by atoms with E-state index in [1.807, 2.05) is 39.1 Å². The summed E-state index contributed by atoms with van der Waals surface area (Å²) in [6.45, 7) is 5.15. The molecule has 0 bridgehead atoms. The van der Waals surface area contributed by atoms with Gasteiger partial charge in [-0.3, -0.25) is 9.48 Å². The number of hydrogen-bond donors (Lipinski definition) is 1. The Morgan fingerprint density at radius 3 is 2.50 bits per heavy atom. The zero-order valence-electron chi connectivity index (χ0n) is 19.3. The van der Waals surface area contributed by atoms with Crippen LogP contribution in [0.4, 0.5) is 0 Å². The zero-order valence-corrected chi connectivity index (χ0v) is 19.3. The van der Waals surface area contributed by atoms with E-state index in [4.69, 9.17) is 0 Å². The molecule has 0 atom stereocenters. The molecule has 0 saturated carbocycles. The molecule has 6 heteroatoms. The first-order valence-corrected chi connectivity index (χ1v) is 10.7. The van der Waals surface area contributed by atoms with E-state index in [0.717, 1.165) is 45.7 Å². The molecule has 0 radical (unpaired) electrons. The van der Waals surface area contributed by atoms with Crippen LogP contribution in [-0.4, -0.2) is 39.7 Å². The lowest BCUT2D eigenvalue weighted by Gasteiger charge is -2.13. The normalized spacial score (nSPS) is 11.3. The average molecular weight is 428 g/mol. The molecule has 1 amide bonds. The van der Waals surface area contributed by atoms with Crippen LogP contribution in [0.3, 0.4) is 0 Å². The van der Waals surface area contributed by atoms with Crippen LogP contribution < -0.4 is 5.32 Å². The summed E-state index contributed by atoms with van der Waals surface area (Å²) in [5.74, 6) is -0.118. The van der Waals surface area contributed by atoms with E-state index in [-0.39, 0.29) is 5.91 Å². The van der Waals surface area contributed by atoms with Crippen LogP contribution in [0.1, 0.15) is 32.9 Å². The Hall–Kier alpha value is -3.51. The van der Waals surface area contributed by atoms with Crippen LogP contribution >= 0.6 is 0 Å². The number of hydrogen-bond acceptors (Lipinski definition) is 4. The third-order valence-electron chi connectivity index (χ3n) is 5.56. The van der Waals surface area contributed by atoms with Gasteiger partial charge in [-0.25, -0.2) is 4.98 Å². The predicted molar refractivity (Wildman–Crippen MR) is 128 cm³/mol. The highest BCUT2D eigenvalue weighted by Gasteiger charge is 2.18. The van der Waals surface area contributed by atoms with Crippen LogP contribution in [0.5, 0.6) is 0 Å². The number of carbonyl (C=O) groups excluding carboxylic acids is 1. The van der Waals surface area contributed by atoms with Gasteiger partial charge >= 0.3 is 0 Å². The molecule has 2 heterocycles. The van der Waals surface area contributed by atoms with Crippen molar-refractivity contribution in [2.24, 2.45) is 7.05 Å². The van der Waals surface area contributed by atoms with E-state index >= 15 is 0 Å². The lowest BCUT2D eigenvalue weighted by Crippen LogP contribution is -2.23. The summed E-state index contributed by atoms with van der Waals surface area (Å²) in [7, 11) is 5.98. The number of nitrogens with one attached hydrogen (secondary N) is 1. The highest BCUT2D eigenvalue weighted by atomic mass is 16.1. The minimum Gasteiger partial charge on any atom is -0.348 e. The second kappa shape index (κ2) is 8.93. The van der Waals surface area contributed by atoms with Crippen molar-refractivity contribution in [3.63, 3.8) is 0 Å². The number of nitrogens with zero attached hydrogens (tertiary/aromatic N) is 4. The number of benzene rings is 2. The zero-order chi connectivity index (χ0) is 22.8. The third kappa shape index (κ3) is 4.41. The minimum atomic E-state index is -0.118. The van der Waals surface area contributed by atoms with Gasteiger partial charge in [-0.1, -0.05) is 48.5 Å². The molecular weight excluding hydrogens is 398 g/mol. The van der Waals surface area contributed by atoms with Crippen molar-refractivity contribution in [1.29, 1.82) is 0 Å². The van der Waals surface area contributed by atoms with Gasteiger partial charge in [-0.05, 0) is 56.3 Å². The van der Waals surface area contributed by atoms with Gasteiger partial charge in [0.1, 0.15) is 0 Å². The Bertz CT molecular complexity index is 1270. The molecular formula is C26H29N5O. The molecule has 0 fully saturated rings. The highest BCUT2D eigenvalue weighted by Crippen LogP contribution is 2.25. The molecule has 0 saturated heterocycles. The Morgan fingerprint density at radius 1 is 1.06 bits per heavy atom. The standard InChI is InChI=1S/C26H29N5O/c1-17-14-23(24-18(2)29-31(5)25(24)28-17)26(32)27-15-21-8-6-7-9-22(21)20-12-10-19(11-13-20)16-30(3)4/h6-14H,15-16H2,1-5H3,(H,27,32). The van der Waals surface area contributed by atoms with Gasteiger partial charge in [0.2, 0.25) is 0 Å². The molecule has 2 aromatic carbocycles. The van der Waals surface area contributed by atoms with Crippen LogP contribution in [0, 0.1) is 13.8 Å². The fourth-order valence-corrected chi connectivity index (χ4v) is 4.13. The molecule has 0 aliphatic carbocycles. The second-order valence-electron chi connectivity index (χ2n) is 8.49. The summed E-state index contributed by atoms with van der Waals surface area (Å²) in [5, 5.41) is 8.36. The Morgan fingerprint density at radius 2 is 1.78 bits per heavy atom. The van der Waals surface area contributed by atoms with Gasteiger partial charge in [0.05, 0.1) is 16.6 Å². The van der Waals surface area contributed by atoms with Gasteiger partial charge in [0.25, 0.3) is 5.91 Å². The van der Waals surface area contributed by atoms with Crippen LogP contribution in [0.2, 0.25) is 0 Å². The van der Waals surface area contributed by atoms with Crippen molar-refractivity contribution in [2.75, 3.05) is 14.1 Å². The lowest BCUT2D eigenvalue weighted by atomic mass is 9.98. The summed E-state index contributed by atoms with van der Waals surface area (Å²) in [4.78, 5) is 19.9. The highest BCUT2D eigenvalue weighted by molar-refractivity contribution is 6.06. The summed E-state index contributed by atoms with van der Waals surface area (Å²) in [6, 6.07) is 18.6. The van der Waals surface area contributed by atoms with Crippen LogP contribution in [-0.2, 0) is 20.1 Å². The third-order valence-corrected chi connectivity index (χ3v) is 5.56. The van der Waals surface area contributed by atoms with Crippen molar-refractivity contribution in [2.45, 2.75) is 26.9 Å². The number of rotatable bonds is 6. The lowest BCUT2D eigenvalue weighted by molar-refractivity contribution is 0.0952. The Labute approximate surface area is 188 Å². The van der Waals surface area contributed by atoms with E-state index in [1.54, 1.807) is 4.68 Å². The van der Waals surface area contributed by atoms with E-state index in [2.05, 4.69) is 70.8 Å². The SMILES string of the molecule is Cc1cc(C(=O)NCc2ccccc2-c2ccc(CN(C)C)cc2)c2c(C)nn(C)c2n1. The van der Waals surface area contributed by atoms with Crippen molar-refractivity contribution < 1.29 is 4.79 Å². The summed E-state index contributed by atoms with van der Waals surface area (Å²) >= 11 is 0. The maximum absolute atomic E-state index is 13.2. The first-order chi connectivity index (χ1) is 15.3. The summed E-state index contributed by atoms with van der Waals surface area (Å²) in [6.07, 6.45) is 0. The molecule has 4 aromatic rings. The van der Waals surface area contributed by atoms with Gasteiger partial charge in [0.15, 0.2) is 5.65 Å². The van der Waals surface area contributed by atoms with Crippen LogP contribution in [0.25, 0.3) is 22.2 Å². The van der Waals surface area contributed by atoms with Gasteiger partial charge in [-0.15, -0.1) is 0 Å². The van der Waals surface area contributed by atoms with Crippen molar-refractivity contribution in [1.82, 2.24) is 25.0 Å². The van der Waals surface area contributed by atoms with Crippen LogP contribution in [0.15, 0.2) is 54.6 Å². The van der Waals surface area contributed by atoms with Gasteiger partial charge in [0, 0.05) is 25.8 Å². The average Bonchev–Trinajstić information content (AvgIpc) is 3.05. The molecule has 32 heavy (non-hydrogen) atoms. The first kappa shape index (κ1) is 21.7. The molecule has 6 nitrogen and oxygen atoms in total. The molecule has 4 rings (SSSR count). The molecule has 1 N–H and O–H groups in total. The molecule has 2 aromatic heterocycles. The minimum absolute atomic E-state index is 0.118. The molecule has 0 aliphatic rings. The smallest absolute Gasteiger partial charge is 0.252 e. The fourth-order valence-electron chi connectivity index (χ4n) is 4.13. The summed E-state index contributed by atoms with van der Waals surface area (Å²) < 4.78 is 1.73. The molecule has 0 aliphatic heterocycles. The van der Waals surface area contributed by atoms with E-state index in [1.165, 1.54) is 5.56 Å². The fraction of sp³-hybridized carbons (Fsp3) is 0.269. The topological polar surface area (TPSA) is 63.1 Å². The molecule has 0 unspecified atom stereocenters. The maximum Gasteiger partial charge on any atom is 0.252 e. The number of pyridine rings is 1. The van der Waals surface area contributed by atoms with Crippen molar-refractivity contribution >= 4 is 16.9 Å². The van der Waals surface area contributed by atoms with E-state index in [0.29, 0.717) is 12.1 Å². The number of aryl methyl sites for hydroxylation is 3. The largest absolute Gasteiger partial charge is 0.348 e. The number of fused-ring (bicyclic) bond motifs is 1. The van der Waals surface area contributed by atoms with Gasteiger partial charge in [-0.2, -0.15) is 5.10 Å². The van der Waals surface area contributed by atoms with Gasteiger partial charge < -0.3 is 10.2 Å².